The maximum absolute atomic E-state index is 13.1. The molecule has 2 heterocycles. The number of amides is 1. The second kappa shape index (κ2) is 8.06. The second-order valence-corrected chi connectivity index (χ2v) is 8.36. The van der Waals surface area contributed by atoms with Gasteiger partial charge in [-0.25, -0.2) is 9.78 Å². The summed E-state index contributed by atoms with van der Waals surface area (Å²) in [5.41, 5.74) is 2.58. The van der Waals surface area contributed by atoms with Gasteiger partial charge in [-0.2, -0.15) is 0 Å². The van der Waals surface area contributed by atoms with Crippen LogP contribution in [-0.2, 0) is 9.53 Å². The largest absolute Gasteiger partial charge is 0.452 e. The number of pyridine rings is 1. The molecule has 4 aromatic rings. The maximum atomic E-state index is 13.1. The minimum atomic E-state index is -0.571. The lowest BCUT2D eigenvalue weighted by Crippen LogP contribution is -2.32. The van der Waals surface area contributed by atoms with Crippen LogP contribution in [0.4, 0.5) is 11.4 Å². The molecule has 0 fully saturated rings. The van der Waals surface area contributed by atoms with Crippen molar-refractivity contribution in [3.63, 3.8) is 0 Å². The average molecular weight is 447 g/mol. The number of hydrogen-bond donors (Lipinski definition) is 0. The number of fused-ring (bicyclic) bond motifs is 3. The summed E-state index contributed by atoms with van der Waals surface area (Å²) in [7, 11) is 0. The highest BCUT2D eigenvalue weighted by molar-refractivity contribution is 7.99. The first kappa shape index (κ1) is 19.6. The third kappa shape index (κ3) is 3.76. The zero-order chi connectivity index (χ0) is 21.4. The van der Waals surface area contributed by atoms with E-state index in [0.717, 1.165) is 26.6 Å². The summed E-state index contributed by atoms with van der Waals surface area (Å²) in [6.07, 6.45) is 0. The molecule has 152 valence electrons. The van der Waals surface area contributed by atoms with Gasteiger partial charge in [-0.3, -0.25) is 9.69 Å². The topological polar surface area (TPSA) is 59.5 Å². The Balaban J connectivity index is 1.37. The number of aromatic nitrogens is 1. The first-order valence-electron chi connectivity index (χ1n) is 9.52. The van der Waals surface area contributed by atoms with Gasteiger partial charge in [0, 0.05) is 15.2 Å². The van der Waals surface area contributed by atoms with E-state index in [2.05, 4.69) is 4.98 Å². The van der Waals surface area contributed by atoms with Gasteiger partial charge >= 0.3 is 5.97 Å². The van der Waals surface area contributed by atoms with E-state index in [1.165, 1.54) is 0 Å². The summed E-state index contributed by atoms with van der Waals surface area (Å²) in [6.45, 7) is -0.372. The molecule has 1 aromatic heterocycles. The third-order valence-electron chi connectivity index (χ3n) is 4.90. The second-order valence-electron chi connectivity index (χ2n) is 6.88. The molecule has 31 heavy (non-hydrogen) atoms. The van der Waals surface area contributed by atoms with Gasteiger partial charge in [-0.1, -0.05) is 47.6 Å². The highest BCUT2D eigenvalue weighted by atomic mass is 35.5. The Morgan fingerprint density at radius 2 is 1.58 bits per heavy atom. The summed E-state index contributed by atoms with van der Waals surface area (Å²) < 4.78 is 5.36. The van der Waals surface area contributed by atoms with Crippen molar-refractivity contribution in [1.29, 1.82) is 0 Å². The molecule has 5 nitrogen and oxygen atoms in total. The van der Waals surface area contributed by atoms with Crippen LogP contribution in [-0.4, -0.2) is 23.5 Å². The molecule has 0 spiro atoms. The summed E-state index contributed by atoms with van der Waals surface area (Å²) in [6, 6.07) is 23.8. The van der Waals surface area contributed by atoms with Crippen LogP contribution in [0.15, 0.2) is 88.7 Å². The van der Waals surface area contributed by atoms with Crippen molar-refractivity contribution in [2.75, 3.05) is 11.5 Å². The minimum Gasteiger partial charge on any atom is -0.452 e. The Morgan fingerprint density at radius 3 is 2.29 bits per heavy atom. The van der Waals surface area contributed by atoms with Gasteiger partial charge in [-0.05, 0) is 54.6 Å². The number of anilines is 2. The number of para-hydroxylation sites is 2. The van der Waals surface area contributed by atoms with Crippen molar-refractivity contribution < 1.29 is 14.3 Å². The summed E-state index contributed by atoms with van der Waals surface area (Å²) in [5.74, 6) is -0.888. The monoisotopic (exact) mass is 446 g/mol. The van der Waals surface area contributed by atoms with E-state index in [9.17, 15) is 9.59 Å². The molecule has 1 aliphatic heterocycles. The molecular weight excluding hydrogens is 432 g/mol. The fourth-order valence-corrected chi connectivity index (χ4v) is 4.69. The van der Waals surface area contributed by atoms with Crippen LogP contribution in [0, 0.1) is 0 Å². The fraction of sp³-hybridized carbons (Fsp3) is 0.0417. The van der Waals surface area contributed by atoms with E-state index in [1.807, 2.05) is 48.5 Å². The van der Waals surface area contributed by atoms with Crippen LogP contribution in [0.2, 0.25) is 5.15 Å². The number of esters is 1. The smallest absolute Gasteiger partial charge is 0.338 e. The van der Waals surface area contributed by atoms with Gasteiger partial charge in [-0.15, -0.1) is 0 Å². The molecule has 0 N–H and O–H groups in total. The Bertz CT molecular complexity index is 1300. The normalized spacial score (nSPS) is 12.2. The first-order chi connectivity index (χ1) is 15.1. The number of carbonyl (C=O) groups is 2. The molecule has 0 saturated heterocycles. The van der Waals surface area contributed by atoms with E-state index < -0.39 is 5.97 Å². The number of benzene rings is 3. The van der Waals surface area contributed by atoms with Crippen LogP contribution >= 0.6 is 23.4 Å². The molecule has 1 aliphatic rings. The zero-order valence-corrected chi connectivity index (χ0v) is 17.7. The van der Waals surface area contributed by atoms with Crippen molar-refractivity contribution in [3.8, 4) is 0 Å². The number of halogens is 1. The molecule has 0 saturated carbocycles. The first-order valence-corrected chi connectivity index (χ1v) is 10.7. The predicted molar refractivity (Wildman–Crippen MR) is 121 cm³/mol. The molecule has 1 amide bonds. The molecule has 0 atom stereocenters. The Hall–Kier alpha value is -3.35. The fourth-order valence-electron chi connectivity index (χ4n) is 3.48. The highest BCUT2D eigenvalue weighted by Crippen LogP contribution is 2.47. The van der Waals surface area contributed by atoms with Crippen molar-refractivity contribution in [2.45, 2.75) is 9.79 Å². The molecule has 5 rings (SSSR count). The molecular formula is C24H15ClN2O3S. The molecule has 0 radical (unpaired) electrons. The lowest BCUT2D eigenvalue weighted by atomic mass is 10.1. The van der Waals surface area contributed by atoms with Crippen molar-refractivity contribution in [3.05, 3.63) is 89.6 Å². The molecule has 0 unspecified atom stereocenters. The van der Waals surface area contributed by atoms with Gasteiger partial charge < -0.3 is 4.74 Å². The van der Waals surface area contributed by atoms with E-state index in [4.69, 9.17) is 16.3 Å². The maximum Gasteiger partial charge on any atom is 0.338 e. The molecule has 7 heteroatoms. The van der Waals surface area contributed by atoms with Crippen molar-refractivity contribution >= 4 is 57.5 Å². The highest BCUT2D eigenvalue weighted by Gasteiger charge is 2.28. The zero-order valence-electron chi connectivity index (χ0n) is 16.1. The quantitative estimate of drug-likeness (QED) is 0.291. The Kier molecular flexibility index (Phi) is 5.10. The van der Waals surface area contributed by atoms with E-state index >= 15 is 0 Å². The van der Waals surface area contributed by atoms with Crippen molar-refractivity contribution in [1.82, 2.24) is 4.98 Å². The SMILES string of the molecule is O=C(OCC(=O)N1c2ccccc2Sc2ccccc21)c1ccc2nc(Cl)ccc2c1. The van der Waals surface area contributed by atoms with Crippen LogP contribution < -0.4 is 4.90 Å². The van der Waals surface area contributed by atoms with Crippen LogP contribution in [0.1, 0.15) is 10.4 Å². The van der Waals surface area contributed by atoms with Crippen molar-refractivity contribution in [2.24, 2.45) is 0 Å². The number of ether oxygens (including phenoxy) is 1. The van der Waals surface area contributed by atoms with Crippen LogP contribution in [0.3, 0.4) is 0 Å². The lowest BCUT2D eigenvalue weighted by Gasteiger charge is -2.30. The standard InChI is InChI=1S/C24H15ClN2O3S/c25-22-12-10-15-13-16(9-11-17(15)26-22)24(29)30-14-23(28)27-18-5-1-3-7-20(18)31-21-8-4-2-6-19(21)27/h1-13H,14H2. The lowest BCUT2D eigenvalue weighted by molar-refractivity contribution is -0.121. The number of rotatable bonds is 3. The van der Waals surface area contributed by atoms with E-state index in [-0.39, 0.29) is 12.5 Å². The van der Waals surface area contributed by atoms with Crippen LogP contribution in [0.5, 0.6) is 0 Å². The van der Waals surface area contributed by atoms with Gasteiger partial charge in [0.05, 0.1) is 22.5 Å². The molecule has 3 aromatic carbocycles. The molecule has 0 aliphatic carbocycles. The number of hydrogen-bond acceptors (Lipinski definition) is 5. The van der Waals surface area contributed by atoms with Gasteiger partial charge in [0.25, 0.3) is 5.91 Å². The Labute approximate surface area is 187 Å². The minimum absolute atomic E-state index is 0.317. The molecule has 0 bridgehead atoms. The van der Waals surface area contributed by atoms with Crippen LogP contribution in [0.25, 0.3) is 10.9 Å². The summed E-state index contributed by atoms with van der Waals surface area (Å²) >= 11 is 7.51. The summed E-state index contributed by atoms with van der Waals surface area (Å²) in [4.78, 5) is 33.5. The Morgan fingerprint density at radius 1 is 0.903 bits per heavy atom. The summed E-state index contributed by atoms with van der Waals surface area (Å²) in [5, 5.41) is 1.15. The van der Waals surface area contributed by atoms with Gasteiger partial charge in [0.15, 0.2) is 6.61 Å². The number of nitrogens with zero attached hydrogens (tertiary/aromatic N) is 2. The van der Waals surface area contributed by atoms with E-state index in [0.29, 0.717) is 16.2 Å². The average Bonchev–Trinajstić information content (AvgIpc) is 2.80. The number of carbonyl (C=O) groups excluding carboxylic acids is 2. The third-order valence-corrected chi connectivity index (χ3v) is 6.24. The van der Waals surface area contributed by atoms with E-state index in [1.54, 1.807) is 47.0 Å². The predicted octanol–water partition coefficient (Wildman–Crippen LogP) is 5.87. The van der Waals surface area contributed by atoms with Gasteiger partial charge in [0.2, 0.25) is 0 Å². The van der Waals surface area contributed by atoms with Gasteiger partial charge in [0.1, 0.15) is 5.15 Å².